The second kappa shape index (κ2) is 6.81. The number of hydrogen-bond donors (Lipinski definition) is 0. The Morgan fingerprint density at radius 3 is 2.38 bits per heavy atom. The van der Waals surface area contributed by atoms with Crippen molar-refractivity contribution in [1.82, 2.24) is 0 Å². The van der Waals surface area contributed by atoms with E-state index in [1.165, 1.54) is 0 Å². The van der Waals surface area contributed by atoms with Gasteiger partial charge in [-0.15, -0.1) is 23.5 Å². The Kier molecular flexibility index (Phi) is 5.71. The highest BCUT2D eigenvalue weighted by Crippen LogP contribution is 2.30. The van der Waals surface area contributed by atoms with Gasteiger partial charge in [-0.3, -0.25) is 4.79 Å². The first-order valence-electron chi connectivity index (χ1n) is 5.18. The number of benzene rings is 1. The highest BCUT2D eigenvalue weighted by molar-refractivity contribution is 8.22. The van der Waals surface area contributed by atoms with Gasteiger partial charge in [0.15, 0.2) is 5.78 Å². The van der Waals surface area contributed by atoms with Crippen molar-refractivity contribution in [2.24, 2.45) is 0 Å². The molecule has 0 fully saturated rings. The fourth-order valence-corrected chi connectivity index (χ4v) is 3.15. The summed E-state index contributed by atoms with van der Waals surface area (Å²) in [4.78, 5) is 12.1. The van der Waals surface area contributed by atoms with E-state index in [4.69, 9.17) is 0 Å². The van der Waals surface area contributed by atoms with Gasteiger partial charge in [-0.05, 0) is 18.9 Å². The first kappa shape index (κ1) is 13.4. The molecule has 0 unspecified atom stereocenters. The van der Waals surface area contributed by atoms with Crippen LogP contribution in [0.3, 0.4) is 0 Å². The van der Waals surface area contributed by atoms with Crippen LogP contribution in [0.4, 0.5) is 0 Å². The zero-order chi connectivity index (χ0) is 12.0. The van der Waals surface area contributed by atoms with Gasteiger partial charge in [-0.1, -0.05) is 37.3 Å². The molecule has 1 nitrogen and oxygen atoms in total. The van der Waals surface area contributed by atoms with Gasteiger partial charge >= 0.3 is 0 Å². The summed E-state index contributed by atoms with van der Waals surface area (Å²) < 4.78 is 1.12. The molecular weight excluding hydrogens is 236 g/mol. The van der Waals surface area contributed by atoms with E-state index in [1.54, 1.807) is 23.5 Å². The third-order valence-corrected chi connectivity index (χ3v) is 4.53. The fourth-order valence-electron chi connectivity index (χ4n) is 1.35. The second-order valence-electron chi connectivity index (χ2n) is 3.24. The molecule has 16 heavy (non-hydrogen) atoms. The van der Waals surface area contributed by atoms with Crippen molar-refractivity contribution in [1.29, 1.82) is 0 Å². The van der Waals surface area contributed by atoms with Crippen LogP contribution in [0.15, 0.2) is 40.1 Å². The molecule has 0 heterocycles. The molecular formula is C13H16OS2. The molecule has 1 aromatic rings. The molecule has 0 saturated carbocycles. The van der Waals surface area contributed by atoms with Crippen LogP contribution < -0.4 is 0 Å². The molecule has 86 valence electrons. The van der Waals surface area contributed by atoms with Gasteiger partial charge in [-0.2, -0.15) is 0 Å². The molecule has 0 spiro atoms. The van der Waals surface area contributed by atoms with Crippen LogP contribution in [0.1, 0.15) is 24.2 Å². The van der Waals surface area contributed by atoms with Crippen LogP contribution in [0.25, 0.3) is 0 Å². The summed E-state index contributed by atoms with van der Waals surface area (Å²) in [5.41, 5.74) is 1.62. The van der Waals surface area contributed by atoms with Crippen molar-refractivity contribution in [3.05, 3.63) is 45.7 Å². The summed E-state index contributed by atoms with van der Waals surface area (Å²) in [5.74, 6) is 1.13. The zero-order valence-electron chi connectivity index (χ0n) is 9.82. The standard InChI is InChI=1S/C13H16OS2/c1-4-16-13(15-3)10(2)12(14)11-8-6-5-7-9-11/h5-9H,4H2,1-3H3/b13-10+. The van der Waals surface area contributed by atoms with Gasteiger partial charge in [-0.25, -0.2) is 0 Å². The lowest BCUT2D eigenvalue weighted by Crippen LogP contribution is -2.01. The summed E-state index contributed by atoms with van der Waals surface area (Å²) in [7, 11) is 0. The monoisotopic (exact) mass is 252 g/mol. The van der Waals surface area contributed by atoms with E-state index in [9.17, 15) is 4.79 Å². The fraction of sp³-hybridized carbons (Fsp3) is 0.308. The molecule has 1 aromatic carbocycles. The van der Waals surface area contributed by atoms with Crippen LogP contribution in [0.2, 0.25) is 0 Å². The van der Waals surface area contributed by atoms with E-state index in [2.05, 4.69) is 6.92 Å². The lowest BCUT2D eigenvalue weighted by Gasteiger charge is -2.07. The van der Waals surface area contributed by atoms with Crippen molar-refractivity contribution in [3.63, 3.8) is 0 Å². The molecule has 0 atom stereocenters. The predicted molar refractivity (Wildman–Crippen MR) is 75.1 cm³/mol. The highest BCUT2D eigenvalue weighted by atomic mass is 32.2. The van der Waals surface area contributed by atoms with E-state index in [1.807, 2.05) is 43.5 Å². The Hall–Kier alpha value is -0.670. The van der Waals surface area contributed by atoms with E-state index in [-0.39, 0.29) is 5.78 Å². The second-order valence-corrected chi connectivity index (χ2v) is 5.59. The van der Waals surface area contributed by atoms with Gasteiger partial charge in [0.05, 0.1) is 0 Å². The Bertz CT molecular complexity index is 382. The van der Waals surface area contributed by atoms with Gasteiger partial charge in [0.25, 0.3) is 0 Å². The molecule has 0 bridgehead atoms. The number of carbonyl (C=O) groups excluding carboxylic acids is 1. The Morgan fingerprint density at radius 2 is 1.88 bits per heavy atom. The summed E-state index contributed by atoms with van der Waals surface area (Å²) in [5, 5.41) is 0. The number of Topliss-reactive ketones (excluding diaryl/α,β-unsaturated/α-hetero) is 1. The molecule has 0 saturated heterocycles. The van der Waals surface area contributed by atoms with E-state index < -0.39 is 0 Å². The minimum atomic E-state index is 0.130. The molecule has 0 aliphatic carbocycles. The van der Waals surface area contributed by atoms with Crippen molar-refractivity contribution >= 4 is 29.3 Å². The third-order valence-electron chi connectivity index (χ3n) is 2.14. The van der Waals surface area contributed by atoms with Crippen LogP contribution in [0, 0.1) is 0 Å². The van der Waals surface area contributed by atoms with Crippen molar-refractivity contribution < 1.29 is 4.79 Å². The summed E-state index contributed by atoms with van der Waals surface area (Å²) >= 11 is 3.38. The quantitative estimate of drug-likeness (QED) is 0.577. The van der Waals surface area contributed by atoms with Gasteiger partial charge in [0.2, 0.25) is 0 Å². The zero-order valence-corrected chi connectivity index (χ0v) is 11.5. The van der Waals surface area contributed by atoms with E-state index >= 15 is 0 Å². The number of rotatable bonds is 5. The lowest BCUT2D eigenvalue weighted by molar-refractivity contribution is 0.103. The smallest absolute Gasteiger partial charge is 0.190 e. The molecule has 3 heteroatoms. The normalized spacial score (nSPS) is 12.2. The number of hydrogen-bond acceptors (Lipinski definition) is 3. The lowest BCUT2D eigenvalue weighted by atomic mass is 10.1. The Morgan fingerprint density at radius 1 is 1.25 bits per heavy atom. The third kappa shape index (κ3) is 3.42. The molecule has 0 amide bonds. The first-order chi connectivity index (χ1) is 7.70. The van der Waals surface area contributed by atoms with Crippen LogP contribution in [0.5, 0.6) is 0 Å². The molecule has 0 aliphatic heterocycles. The molecule has 0 N–H and O–H groups in total. The predicted octanol–water partition coefficient (Wildman–Crippen LogP) is 4.22. The number of carbonyl (C=O) groups is 1. The van der Waals surface area contributed by atoms with E-state index in [0.717, 1.165) is 21.1 Å². The summed E-state index contributed by atoms with van der Waals surface area (Å²) in [6.45, 7) is 4.00. The number of ketones is 1. The summed E-state index contributed by atoms with van der Waals surface area (Å²) in [6, 6.07) is 9.44. The minimum Gasteiger partial charge on any atom is -0.289 e. The van der Waals surface area contributed by atoms with E-state index in [0.29, 0.717) is 0 Å². The molecule has 0 aromatic heterocycles. The topological polar surface area (TPSA) is 17.1 Å². The summed E-state index contributed by atoms with van der Waals surface area (Å²) in [6.07, 6.45) is 2.01. The average molecular weight is 252 g/mol. The number of thioether (sulfide) groups is 2. The maximum absolute atomic E-state index is 12.1. The molecule has 1 rings (SSSR count). The van der Waals surface area contributed by atoms with Crippen molar-refractivity contribution in [2.45, 2.75) is 13.8 Å². The van der Waals surface area contributed by atoms with Crippen LogP contribution in [-0.4, -0.2) is 17.8 Å². The van der Waals surface area contributed by atoms with Gasteiger partial charge in [0, 0.05) is 15.4 Å². The average Bonchev–Trinajstić information content (AvgIpc) is 2.35. The van der Waals surface area contributed by atoms with Gasteiger partial charge < -0.3 is 0 Å². The first-order valence-corrected chi connectivity index (χ1v) is 7.39. The maximum atomic E-state index is 12.1. The Balaban J connectivity index is 2.96. The van der Waals surface area contributed by atoms with Crippen molar-refractivity contribution in [3.8, 4) is 0 Å². The maximum Gasteiger partial charge on any atom is 0.190 e. The number of allylic oxidation sites excluding steroid dienone is 1. The van der Waals surface area contributed by atoms with Gasteiger partial charge in [0.1, 0.15) is 0 Å². The highest BCUT2D eigenvalue weighted by Gasteiger charge is 2.12. The van der Waals surface area contributed by atoms with Crippen LogP contribution in [-0.2, 0) is 0 Å². The largest absolute Gasteiger partial charge is 0.289 e. The molecule has 0 radical (unpaired) electrons. The minimum absolute atomic E-state index is 0.130. The van der Waals surface area contributed by atoms with Crippen molar-refractivity contribution in [2.75, 3.05) is 12.0 Å². The van der Waals surface area contributed by atoms with Crippen LogP contribution >= 0.6 is 23.5 Å². The molecule has 0 aliphatic rings. The Labute approximate surface area is 106 Å². The SMILES string of the molecule is CCS/C(SC)=C(\C)C(=O)c1ccccc1.